The summed E-state index contributed by atoms with van der Waals surface area (Å²) < 4.78 is 7.56. The van der Waals surface area contributed by atoms with Crippen LogP contribution >= 0.6 is 12.2 Å². The average Bonchev–Trinajstić information content (AvgIpc) is 2.60. The molecule has 2 aromatic heterocycles. The van der Waals surface area contributed by atoms with Gasteiger partial charge in [-0.1, -0.05) is 0 Å². The second kappa shape index (κ2) is 3.82. The SMILES string of the molecule is COc1cnccc1-c1n[nH]c(=S)n1C. The minimum atomic E-state index is 0.573. The number of rotatable bonds is 2. The molecule has 2 aromatic rings. The van der Waals surface area contributed by atoms with E-state index in [0.29, 0.717) is 10.5 Å². The monoisotopic (exact) mass is 222 g/mol. The molecule has 15 heavy (non-hydrogen) atoms. The van der Waals surface area contributed by atoms with E-state index in [0.717, 1.165) is 11.4 Å². The van der Waals surface area contributed by atoms with Gasteiger partial charge in [-0.3, -0.25) is 10.1 Å². The van der Waals surface area contributed by atoms with Crippen LogP contribution in [0.5, 0.6) is 5.75 Å². The van der Waals surface area contributed by atoms with Gasteiger partial charge in [-0.2, -0.15) is 5.10 Å². The number of ether oxygens (including phenoxy) is 1. The van der Waals surface area contributed by atoms with Crippen LogP contribution in [-0.4, -0.2) is 26.9 Å². The van der Waals surface area contributed by atoms with Gasteiger partial charge in [0.05, 0.1) is 18.9 Å². The number of H-pyrrole nitrogens is 1. The van der Waals surface area contributed by atoms with E-state index in [4.69, 9.17) is 17.0 Å². The van der Waals surface area contributed by atoms with E-state index in [1.807, 2.05) is 13.1 Å². The Morgan fingerprint density at radius 2 is 2.33 bits per heavy atom. The molecule has 0 spiro atoms. The van der Waals surface area contributed by atoms with Crippen LogP contribution in [0, 0.1) is 4.77 Å². The molecule has 1 N–H and O–H groups in total. The lowest BCUT2D eigenvalue weighted by atomic mass is 10.2. The van der Waals surface area contributed by atoms with Crippen LogP contribution in [0.25, 0.3) is 11.4 Å². The molecule has 2 rings (SSSR count). The van der Waals surface area contributed by atoms with E-state index in [1.165, 1.54) is 0 Å². The molecule has 0 aliphatic heterocycles. The maximum absolute atomic E-state index is 5.20. The second-order valence-electron chi connectivity index (χ2n) is 2.99. The summed E-state index contributed by atoms with van der Waals surface area (Å²) in [6.45, 7) is 0. The number of pyridine rings is 1. The van der Waals surface area contributed by atoms with Gasteiger partial charge in [0.15, 0.2) is 10.6 Å². The fraction of sp³-hybridized carbons (Fsp3) is 0.222. The first-order valence-corrected chi connectivity index (χ1v) is 4.74. The summed E-state index contributed by atoms with van der Waals surface area (Å²) >= 11 is 5.04. The third-order valence-electron chi connectivity index (χ3n) is 2.13. The Kier molecular flexibility index (Phi) is 2.51. The lowest BCUT2D eigenvalue weighted by Gasteiger charge is -2.05. The van der Waals surface area contributed by atoms with E-state index in [9.17, 15) is 0 Å². The van der Waals surface area contributed by atoms with Crippen molar-refractivity contribution in [3.05, 3.63) is 23.2 Å². The maximum atomic E-state index is 5.20. The Balaban J connectivity index is 2.63. The van der Waals surface area contributed by atoms with Gasteiger partial charge in [0.1, 0.15) is 5.75 Å². The van der Waals surface area contributed by atoms with E-state index in [-0.39, 0.29) is 0 Å². The van der Waals surface area contributed by atoms with E-state index >= 15 is 0 Å². The molecule has 5 nitrogen and oxygen atoms in total. The van der Waals surface area contributed by atoms with Crippen LogP contribution in [0.2, 0.25) is 0 Å². The fourth-order valence-electron chi connectivity index (χ4n) is 1.32. The highest BCUT2D eigenvalue weighted by atomic mass is 32.1. The Morgan fingerprint density at radius 1 is 1.53 bits per heavy atom. The molecule has 6 heteroatoms. The summed E-state index contributed by atoms with van der Waals surface area (Å²) in [6, 6.07) is 1.84. The van der Waals surface area contributed by atoms with Crippen molar-refractivity contribution in [1.29, 1.82) is 0 Å². The minimum absolute atomic E-state index is 0.573. The number of nitrogens with one attached hydrogen (secondary N) is 1. The Hall–Kier alpha value is -1.69. The zero-order valence-corrected chi connectivity index (χ0v) is 9.21. The van der Waals surface area contributed by atoms with Crippen molar-refractivity contribution in [2.75, 3.05) is 7.11 Å². The highest BCUT2D eigenvalue weighted by molar-refractivity contribution is 7.71. The van der Waals surface area contributed by atoms with Crippen molar-refractivity contribution >= 4 is 12.2 Å². The molecule has 0 saturated heterocycles. The number of nitrogens with zero attached hydrogens (tertiary/aromatic N) is 3. The van der Waals surface area contributed by atoms with Crippen LogP contribution in [0.3, 0.4) is 0 Å². The van der Waals surface area contributed by atoms with Crippen molar-refractivity contribution < 1.29 is 4.74 Å². The highest BCUT2D eigenvalue weighted by Crippen LogP contribution is 2.26. The molecule has 0 aromatic carbocycles. The standard InChI is InChI=1S/C9H10N4OS/c1-13-8(11-12-9(13)15)6-3-4-10-5-7(6)14-2/h3-5H,1-2H3,(H,12,15). The number of hydrogen-bond donors (Lipinski definition) is 1. The lowest BCUT2D eigenvalue weighted by molar-refractivity contribution is 0.414. The van der Waals surface area contributed by atoms with Gasteiger partial charge < -0.3 is 9.30 Å². The first-order chi connectivity index (χ1) is 7.24. The predicted molar refractivity (Wildman–Crippen MR) is 58.2 cm³/mol. The maximum Gasteiger partial charge on any atom is 0.195 e. The smallest absolute Gasteiger partial charge is 0.195 e. The highest BCUT2D eigenvalue weighted by Gasteiger charge is 2.10. The number of aromatic amines is 1. The van der Waals surface area contributed by atoms with Crippen LogP contribution in [0.1, 0.15) is 0 Å². The molecule has 0 unspecified atom stereocenters. The molecule has 0 radical (unpaired) electrons. The predicted octanol–water partition coefficient (Wildman–Crippen LogP) is 1.55. The number of aromatic nitrogens is 4. The fourth-order valence-corrected chi connectivity index (χ4v) is 1.45. The van der Waals surface area contributed by atoms with Crippen molar-refractivity contribution in [2.45, 2.75) is 0 Å². The molecule has 0 atom stereocenters. The quantitative estimate of drug-likeness (QED) is 0.783. The van der Waals surface area contributed by atoms with Crippen LogP contribution in [0.4, 0.5) is 0 Å². The van der Waals surface area contributed by atoms with Crippen LogP contribution in [0.15, 0.2) is 18.5 Å². The second-order valence-corrected chi connectivity index (χ2v) is 3.37. The van der Waals surface area contributed by atoms with Gasteiger partial charge >= 0.3 is 0 Å². The summed E-state index contributed by atoms with van der Waals surface area (Å²) in [4.78, 5) is 3.98. The van der Waals surface area contributed by atoms with Crippen molar-refractivity contribution in [3.8, 4) is 17.1 Å². The van der Waals surface area contributed by atoms with Gasteiger partial charge in [-0.25, -0.2) is 0 Å². The summed E-state index contributed by atoms with van der Waals surface area (Å²) in [5, 5.41) is 6.86. The van der Waals surface area contributed by atoms with Crippen LogP contribution < -0.4 is 4.74 Å². The van der Waals surface area contributed by atoms with Gasteiger partial charge in [-0.05, 0) is 18.3 Å². The first-order valence-electron chi connectivity index (χ1n) is 4.34. The van der Waals surface area contributed by atoms with E-state index in [1.54, 1.807) is 24.1 Å². The lowest BCUT2D eigenvalue weighted by Crippen LogP contribution is -1.96. The average molecular weight is 222 g/mol. The van der Waals surface area contributed by atoms with E-state index in [2.05, 4.69) is 15.2 Å². The Labute approximate surface area is 91.7 Å². The third kappa shape index (κ3) is 1.63. The molecule has 78 valence electrons. The third-order valence-corrected chi connectivity index (χ3v) is 2.49. The largest absolute Gasteiger partial charge is 0.494 e. The summed E-state index contributed by atoms with van der Waals surface area (Å²) in [6.07, 6.45) is 3.34. The Morgan fingerprint density at radius 3 is 2.93 bits per heavy atom. The molecule has 2 heterocycles. The normalized spacial score (nSPS) is 10.3. The van der Waals surface area contributed by atoms with Crippen LogP contribution in [-0.2, 0) is 7.05 Å². The zero-order chi connectivity index (χ0) is 10.8. The first kappa shape index (κ1) is 9.85. The minimum Gasteiger partial charge on any atom is -0.494 e. The molecule has 0 aliphatic rings. The van der Waals surface area contributed by atoms with Gasteiger partial charge in [0.2, 0.25) is 0 Å². The molecule has 0 bridgehead atoms. The van der Waals surface area contributed by atoms with E-state index < -0.39 is 0 Å². The number of hydrogen-bond acceptors (Lipinski definition) is 4. The molecule has 0 fully saturated rings. The zero-order valence-electron chi connectivity index (χ0n) is 8.39. The van der Waals surface area contributed by atoms with Gasteiger partial charge in [0.25, 0.3) is 0 Å². The van der Waals surface area contributed by atoms with Gasteiger partial charge in [0, 0.05) is 13.2 Å². The number of methoxy groups -OCH3 is 1. The van der Waals surface area contributed by atoms with Crippen molar-refractivity contribution in [1.82, 2.24) is 19.7 Å². The molecular formula is C9H10N4OS. The topological polar surface area (TPSA) is 55.7 Å². The van der Waals surface area contributed by atoms with Crippen molar-refractivity contribution in [3.63, 3.8) is 0 Å². The summed E-state index contributed by atoms with van der Waals surface area (Å²) in [5.74, 6) is 1.41. The molecular weight excluding hydrogens is 212 g/mol. The summed E-state index contributed by atoms with van der Waals surface area (Å²) in [5.41, 5.74) is 0.863. The molecule has 0 aliphatic carbocycles. The molecule has 0 amide bonds. The van der Waals surface area contributed by atoms with Crippen molar-refractivity contribution in [2.24, 2.45) is 7.05 Å². The Bertz CT molecular complexity index is 531. The molecule has 0 saturated carbocycles. The summed E-state index contributed by atoms with van der Waals surface area (Å²) in [7, 11) is 3.45. The van der Waals surface area contributed by atoms with Gasteiger partial charge in [-0.15, -0.1) is 0 Å².